The van der Waals surface area contributed by atoms with Crippen LogP contribution in [0, 0.1) is 5.41 Å². The van der Waals surface area contributed by atoms with Crippen molar-refractivity contribution in [2.45, 2.75) is 19.3 Å². The normalized spacial score (nSPS) is 23.8. The van der Waals surface area contributed by atoms with E-state index in [2.05, 4.69) is 15.9 Å². The van der Waals surface area contributed by atoms with Gasteiger partial charge in [0, 0.05) is 17.4 Å². The molecule has 1 fully saturated rings. The summed E-state index contributed by atoms with van der Waals surface area (Å²) < 4.78 is 11.2. The molecule has 1 aromatic rings. The topological polar surface area (TPSA) is 18.5 Å². The van der Waals surface area contributed by atoms with Gasteiger partial charge in [-0.3, -0.25) is 0 Å². The zero-order chi connectivity index (χ0) is 12.0. The van der Waals surface area contributed by atoms with E-state index in [1.54, 1.807) is 0 Å². The number of halogens is 1. The van der Waals surface area contributed by atoms with Crippen molar-refractivity contribution in [2.24, 2.45) is 5.41 Å². The molecule has 1 heterocycles. The molecule has 0 bridgehead atoms. The SMILES string of the molecule is BrCC1(CCCOc2ccccc2)CCOC1. The van der Waals surface area contributed by atoms with Crippen LogP contribution in [0.3, 0.4) is 0 Å². The minimum atomic E-state index is 0.347. The molecule has 1 aliphatic rings. The molecule has 0 saturated carbocycles. The Balaban J connectivity index is 1.69. The van der Waals surface area contributed by atoms with Crippen LogP contribution < -0.4 is 4.74 Å². The van der Waals surface area contributed by atoms with E-state index in [-0.39, 0.29) is 0 Å². The first kappa shape index (κ1) is 12.9. The lowest BCUT2D eigenvalue weighted by Crippen LogP contribution is -2.23. The van der Waals surface area contributed by atoms with Crippen molar-refractivity contribution in [2.75, 3.05) is 25.2 Å². The van der Waals surface area contributed by atoms with E-state index in [1.807, 2.05) is 30.3 Å². The molecule has 1 atom stereocenters. The maximum atomic E-state index is 5.70. The molecule has 2 rings (SSSR count). The van der Waals surface area contributed by atoms with Crippen molar-refractivity contribution < 1.29 is 9.47 Å². The third-order valence-corrected chi connectivity index (χ3v) is 4.52. The molecule has 94 valence electrons. The Labute approximate surface area is 111 Å². The van der Waals surface area contributed by atoms with Crippen LogP contribution in [0.2, 0.25) is 0 Å². The molecule has 0 spiro atoms. The number of hydrogen-bond acceptors (Lipinski definition) is 2. The average Bonchev–Trinajstić information content (AvgIpc) is 2.85. The predicted octanol–water partition coefficient (Wildman–Crippen LogP) is 3.65. The van der Waals surface area contributed by atoms with E-state index in [1.165, 1.54) is 12.8 Å². The van der Waals surface area contributed by atoms with Crippen LogP contribution in [0.5, 0.6) is 5.75 Å². The maximum Gasteiger partial charge on any atom is 0.119 e. The van der Waals surface area contributed by atoms with Crippen molar-refractivity contribution in [1.29, 1.82) is 0 Å². The van der Waals surface area contributed by atoms with Gasteiger partial charge in [-0.1, -0.05) is 34.1 Å². The van der Waals surface area contributed by atoms with Gasteiger partial charge in [-0.05, 0) is 31.4 Å². The molecule has 3 heteroatoms. The molecule has 1 aromatic carbocycles. The van der Waals surface area contributed by atoms with E-state index < -0.39 is 0 Å². The molecule has 0 N–H and O–H groups in total. The molecule has 0 aromatic heterocycles. The second-order valence-corrected chi connectivity index (χ2v) is 5.26. The molecule has 1 unspecified atom stereocenters. The maximum absolute atomic E-state index is 5.70. The third-order valence-electron chi connectivity index (χ3n) is 3.33. The highest BCUT2D eigenvalue weighted by atomic mass is 79.9. The highest BCUT2D eigenvalue weighted by Gasteiger charge is 2.33. The molecular weight excluding hydrogens is 280 g/mol. The van der Waals surface area contributed by atoms with Crippen LogP contribution in [-0.2, 0) is 4.74 Å². The zero-order valence-electron chi connectivity index (χ0n) is 10.0. The summed E-state index contributed by atoms with van der Waals surface area (Å²) in [6.07, 6.45) is 3.43. The van der Waals surface area contributed by atoms with Crippen molar-refractivity contribution >= 4 is 15.9 Å². The van der Waals surface area contributed by atoms with Gasteiger partial charge in [-0.15, -0.1) is 0 Å². The van der Waals surface area contributed by atoms with Crippen molar-refractivity contribution in [3.8, 4) is 5.75 Å². The monoisotopic (exact) mass is 298 g/mol. The number of hydrogen-bond donors (Lipinski definition) is 0. The van der Waals surface area contributed by atoms with Crippen LogP contribution in [-0.4, -0.2) is 25.2 Å². The number of ether oxygens (including phenoxy) is 2. The summed E-state index contributed by atoms with van der Waals surface area (Å²) in [5.41, 5.74) is 0.347. The number of rotatable bonds is 6. The quantitative estimate of drug-likeness (QED) is 0.590. The Morgan fingerprint density at radius 2 is 2.12 bits per heavy atom. The summed E-state index contributed by atoms with van der Waals surface area (Å²) in [4.78, 5) is 0. The molecule has 17 heavy (non-hydrogen) atoms. The van der Waals surface area contributed by atoms with Gasteiger partial charge >= 0.3 is 0 Å². The zero-order valence-corrected chi connectivity index (χ0v) is 11.6. The Hall–Kier alpha value is -0.540. The minimum absolute atomic E-state index is 0.347. The largest absolute Gasteiger partial charge is 0.494 e. The second kappa shape index (κ2) is 6.41. The summed E-state index contributed by atoms with van der Waals surface area (Å²) in [5.74, 6) is 0.961. The predicted molar refractivity (Wildman–Crippen MR) is 72.8 cm³/mol. The first-order valence-electron chi connectivity index (χ1n) is 6.16. The smallest absolute Gasteiger partial charge is 0.119 e. The van der Waals surface area contributed by atoms with E-state index in [0.717, 1.165) is 37.3 Å². The highest BCUT2D eigenvalue weighted by Crippen LogP contribution is 2.35. The van der Waals surface area contributed by atoms with Gasteiger partial charge in [0.25, 0.3) is 0 Å². The Morgan fingerprint density at radius 1 is 1.29 bits per heavy atom. The Kier molecular flexibility index (Phi) is 4.86. The van der Waals surface area contributed by atoms with Crippen LogP contribution in [0.4, 0.5) is 0 Å². The molecule has 1 aliphatic heterocycles. The number of alkyl halides is 1. The fraction of sp³-hybridized carbons (Fsp3) is 0.571. The first-order valence-corrected chi connectivity index (χ1v) is 7.28. The Morgan fingerprint density at radius 3 is 2.76 bits per heavy atom. The van der Waals surface area contributed by atoms with Crippen molar-refractivity contribution in [3.05, 3.63) is 30.3 Å². The fourth-order valence-electron chi connectivity index (χ4n) is 2.17. The summed E-state index contributed by atoms with van der Waals surface area (Å²) in [6.45, 7) is 2.59. The summed E-state index contributed by atoms with van der Waals surface area (Å²) >= 11 is 3.61. The highest BCUT2D eigenvalue weighted by molar-refractivity contribution is 9.09. The standard InChI is InChI=1S/C14H19BrO2/c15-11-14(8-10-16-12-14)7-4-9-17-13-5-2-1-3-6-13/h1-3,5-6H,4,7-12H2. The third kappa shape index (κ3) is 3.71. The Bertz CT molecular complexity index is 320. The molecule has 1 saturated heterocycles. The van der Waals surface area contributed by atoms with Gasteiger partial charge in [-0.25, -0.2) is 0 Å². The van der Waals surface area contributed by atoms with Crippen LogP contribution in [0.1, 0.15) is 19.3 Å². The van der Waals surface area contributed by atoms with E-state index >= 15 is 0 Å². The summed E-state index contributed by atoms with van der Waals surface area (Å²) in [5, 5.41) is 1.03. The van der Waals surface area contributed by atoms with E-state index in [0.29, 0.717) is 5.41 Å². The molecule has 0 radical (unpaired) electrons. The average molecular weight is 299 g/mol. The van der Waals surface area contributed by atoms with Gasteiger partial charge in [0.05, 0.1) is 13.2 Å². The van der Waals surface area contributed by atoms with E-state index in [4.69, 9.17) is 9.47 Å². The lowest BCUT2D eigenvalue weighted by Gasteiger charge is -2.24. The molecule has 0 amide bonds. The van der Waals surface area contributed by atoms with Crippen molar-refractivity contribution in [3.63, 3.8) is 0 Å². The summed E-state index contributed by atoms with van der Waals surface area (Å²) in [6, 6.07) is 10.0. The van der Waals surface area contributed by atoms with E-state index in [9.17, 15) is 0 Å². The molecule has 2 nitrogen and oxygen atoms in total. The van der Waals surface area contributed by atoms with Gasteiger partial charge < -0.3 is 9.47 Å². The van der Waals surface area contributed by atoms with Crippen LogP contribution >= 0.6 is 15.9 Å². The minimum Gasteiger partial charge on any atom is -0.494 e. The fourth-order valence-corrected chi connectivity index (χ4v) is 2.90. The van der Waals surface area contributed by atoms with Gasteiger partial charge in [-0.2, -0.15) is 0 Å². The molecule has 0 aliphatic carbocycles. The lowest BCUT2D eigenvalue weighted by molar-refractivity contribution is 0.152. The van der Waals surface area contributed by atoms with Crippen LogP contribution in [0.15, 0.2) is 30.3 Å². The number of para-hydroxylation sites is 1. The molecular formula is C14H19BrO2. The summed E-state index contributed by atoms with van der Waals surface area (Å²) in [7, 11) is 0. The number of benzene rings is 1. The lowest BCUT2D eigenvalue weighted by atomic mass is 9.85. The van der Waals surface area contributed by atoms with Crippen molar-refractivity contribution in [1.82, 2.24) is 0 Å². The van der Waals surface area contributed by atoms with Crippen LogP contribution in [0.25, 0.3) is 0 Å². The van der Waals surface area contributed by atoms with Gasteiger partial charge in [0.1, 0.15) is 5.75 Å². The first-order chi connectivity index (χ1) is 8.35. The van der Waals surface area contributed by atoms with Gasteiger partial charge in [0.2, 0.25) is 0 Å². The second-order valence-electron chi connectivity index (χ2n) is 4.70. The van der Waals surface area contributed by atoms with Gasteiger partial charge in [0.15, 0.2) is 0 Å².